The molecule has 1 saturated heterocycles. The van der Waals surface area contributed by atoms with Crippen molar-refractivity contribution in [3.05, 3.63) is 23.3 Å². The second kappa shape index (κ2) is 7.93. The number of Topliss-reactive ketones (excluding diaryl/α,β-unsaturated/α-hetero) is 1. The summed E-state index contributed by atoms with van der Waals surface area (Å²) in [4.78, 5) is 37.5. The molecule has 0 radical (unpaired) electrons. The van der Waals surface area contributed by atoms with Crippen molar-refractivity contribution in [3.8, 4) is 0 Å². The maximum atomic E-state index is 13.3. The van der Waals surface area contributed by atoms with Crippen LogP contribution in [0.15, 0.2) is 23.3 Å². The summed E-state index contributed by atoms with van der Waals surface area (Å²) >= 11 is 0. The Morgan fingerprint density at radius 1 is 1.17 bits per heavy atom. The molecule has 0 bridgehead atoms. The first-order valence-corrected chi connectivity index (χ1v) is 11.0. The molecule has 0 unspecified atom stereocenters. The number of aliphatic hydroxyl groups is 1. The van der Waals surface area contributed by atoms with E-state index in [1.165, 1.54) is 6.08 Å². The molecule has 164 valence electrons. The van der Waals surface area contributed by atoms with Crippen molar-refractivity contribution >= 4 is 17.7 Å². The minimum Gasteiger partial charge on any atom is -0.450 e. The van der Waals surface area contributed by atoms with E-state index >= 15 is 0 Å². The van der Waals surface area contributed by atoms with Gasteiger partial charge in [0, 0.05) is 24.0 Å². The number of aliphatic hydroxyl groups excluding tert-OH is 1. The van der Waals surface area contributed by atoms with E-state index in [0.717, 1.165) is 37.7 Å². The number of carbonyl (C=O) groups excluding carboxylic acids is 3. The average molecular weight is 418 g/mol. The number of esters is 2. The van der Waals surface area contributed by atoms with Crippen LogP contribution in [0.4, 0.5) is 0 Å². The molecule has 4 aliphatic rings. The Hall–Kier alpha value is -1.99. The molecular weight excluding hydrogens is 388 g/mol. The smallest absolute Gasteiger partial charge is 0.333 e. The molecule has 3 heterocycles. The third-order valence-corrected chi connectivity index (χ3v) is 7.03. The van der Waals surface area contributed by atoms with E-state index in [1.807, 2.05) is 0 Å². The van der Waals surface area contributed by atoms with Crippen LogP contribution < -0.4 is 0 Å². The summed E-state index contributed by atoms with van der Waals surface area (Å²) < 4.78 is 16.6. The van der Waals surface area contributed by atoms with Crippen LogP contribution in [-0.2, 0) is 28.6 Å². The predicted octanol–water partition coefficient (Wildman–Crippen LogP) is 2.75. The number of hydrogen-bond acceptors (Lipinski definition) is 7. The molecule has 1 spiro atoms. The van der Waals surface area contributed by atoms with E-state index < -0.39 is 41.3 Å². The predicted molar refractivity (Wildman–Crippen MR) is 106 cm³/mol. The monoisotopic (exact) mass is 418 g/mol. The number of fused-ring (bicyclic) bond motifs is 1. The molecule has 1 N–H and O–H groups in total. The lowest BCUT2D eigenvalue weighted by atomic mass is 9.66. The fourth-order valence-electron chi connectivity index (χ4n) is 5.30. The van der Waals surface area contributed by atoms with Crippen LogP contribution in [-0.4, -0.2) is 46.9 Å². The SMILES string of the molecule is CCCCCCC[C@H](O)[C@H]1C(=O)O[C@@]2(C)C(=O)C3=C(C[C@H]12)C[C@]1(C=CC(=O)O1)OC3. The number of carbonyl (C=O) groups is 3. The zero-order valence-electron chi connectivity index (χ0n) is 17.6. The lowest BCUT2D eigenvalue weighted by Crippen LogP contribution is -2.51. The third kappa shape index (κ3) is 3.52. The highest BCUT2D eigenvalue weighted by molar-refractivity contribution is 6.06. The van der Waals surface area contributed by atoms with E-state index in [0.29, 0.717) is 18.4 Å². The maximum Gasteiger partial charge on any atom is 0.333 e. The molecule has 0 saturated carbocycles. The summed E-state index contributed by atoms with van der Waals surface area (Å²) in [6, 6.07) is 0. The van der Waals surface area contributed by atoms with Gasteiger partial charge in [-0.3, -0.25) is 9.59 Å². The second-order valence-corrected chi connectivity index (χ2v) is 9.08. The fourth-order valence-corrected chi connectivity index (χ4v) is 5.30. The Morgan fingerprint density at radius 3 is 2.63 bits per heavy atom. The number of rotatable bonds is 7. The van der Waals surface area contributed by atoms with E-state index in [4.69, 9.17) is 14.2 Å². The topological polar surface area (TPSA) is 99.1 Å². The summed E-state index contributed by atoms with van der Waals surface area (Å²) in [5, 5.41) is 10.8. The van der Waals surface area contributed by atoms with Crippen molar-refractivity contribution in [1.29, 1.82) is 0 Å². The lowest BCUT2D eigenvalue weighted by Gasteiger charge is -2.42. The van der Waals surface area contributed by atoms with Crippen molar-refractivity contribution in [3.63, 3.8) is 0 Å². The van der Waals surface area contributed by atoms with Gasteiger partial charge in [0.1, 0.15) is 0 Å². The Balaban J connectivity index is 1.51. The van der Waals surface area contributed by atoms with E-state index in [9.17, 15) is 19.5 Å². The maximum absolute atomic E-state index is 13.3. The van der Waals surface area contributed by atoms with Crippen molar-refractivity contribution in [1.82, 2.24) is 0 Å². The van der Waals surface area contributed by atoms with Gasteiger partial charge in [0.15, 0.2) is 5.60 Å². The van der Waals surface area contributed by atoms with Gasteiger partial charge in [-0.05, 0) is 25.8 Å². The van der Waals surface area contributed by atoms with Gasteiger partial charge in [0.05, 0.1) is 18.6 Å². The summed E-state index contributed by atoms with van der Waals surface area (Å²) in [7, 11) is 0. The minimum atomic E-state index is -1.28. The Kier molecular flexibility index (Phi) is 5.62. The minimum absolute atomic E-state index is 0.0102. The van der Waals surface area contributed by atoms with Crippen molar-refractivity contribution in [2.75, 3.05) is 6.61 Å². The molecule has 0 amide bonds. The van der Waals surface area contributed by atoms with Crippen LogP contribution in [0.5, 0.6) is 0 Å². The van der Waals surface area contributed by atoms with E-state index in [-0.39, 0.29) is 18.8 Å². The molecule has 1 aliphatic carbocycles. The summed E-state index contributed by atoms with van der Waals surface area (Å²) in [6.45, 7) is 3.81. The molecule has 7 nitrogen and oxygen atoms in total. The van der Waals surface area contributed by atoms with Gasteiger partial charge >= 0.3 is 11.9 Å². The van der Waals surface area contributed by atoms with Gasteiger partial charge in [-0.15, -0.1) is 0 Å². The number of hydrogen-bond donors (Lipinski definition) is 1. The van der Waals surface area contributed by atoms with Crippen molar-refractivity contribution in [2.45, 2.75) is 82.7 Å². The number of ketones is 1. The first-order valence-electron chi connectivity index (χ1n) is 11.0. The normalized spacial score (nSPS) is 36.0. The third-order valence-electron chi connectivity index (χ3n) is 7.03. The van der Waals surface area contributed by atoms with Gasteiger partial charge in [-0.1, -0.05) is 44.6 Å². The van der Waals surface area contributed by atoms with Crippen molar-refractivity contribution in [2.24, 2.45) is 11.8 Å². The number of ether oxygens (including phenoxy) is 3. The summed E-state index contributed by atoms with van der Waals surface area (Å²) in [5.41, 5.74) is 0.0459. The highest BCUT2D eigenvalue weighted by Crippen LogP contribution is 2.51. The first kappa shape index (κ1) is 21.2. The standard InChI is InChI=1S/C23H30O7/c1-3-4-5-6-7-8-17(24)19-16-11-14-12-23(10-9-18(25)29-23)28-13-15(14)20(26)22(16,2)30-21(19)27/h9-10,16-17,19,24H,3-8,11-13H2,1-2H3/t16-,17+,19+,22-,23-/m1/s1. The lowest BCUT2D eigenvalue weighted by molar-refractivity contribution is -0.199. The first-order chi connectivity index (χ1) is 14.3. The zero-order valence-corrected chi connectivity index (χ0v) is 17.6. The number of unbranched alkanes of at least 4 members (excludes halogenated alkanes) is 4. The molecule has 3 aliphatic heterocycles. The molecule has 4 rings (SSSR count). The van der Waals surface area contributed by atoms with Crippen LogP contribution >= 0.6 is 0 Å². The van der Waals surface area contributed by atoms with Crippen LogP contribution in [0.1, 0.15) is 65.2 Å². The molecular formula is C23H30O7. The van der Waals surface area contributed by atoms with Gasteiger partial charge in [0.25, 0.3) is 0 Å². The average Bonchev–Trinajstić information content (AvgIpc) is 3.18. The zero-order chi connectivity index (χ0) is 21.5. The van der Waals surface area contributed by atoms with Gasteiger partial charge < -0.3 is 19.3 Å². The van der Waals surface area contributed by atoms with E-state index in [1.54, 1.807) is 13.0 Å². The molecule has 1 fully saturated rings. The Morgan fingerprint density at radius 2 is 1.93 bits per heavy atom. The fraction of sp³-hybridized carbons (Fsp3) is 0.696. The Labute approximate surface area is 176 Å². The molecule has 0 aromatic carbocycles. The van der Waals surface area contributed by atoms with Crippen LogP contribution in [0.25, 0.3) is 0 Å². The largest absolute Gasteiger partial charge is 0.450 e. The highest BCUT2D eigenvalue weighted by Gasteiger charge is 2.62. The highest BCUT2D eigenvalue weighted by atomic mass is 16.7. The summed E-state index contributed by atoms with van der Waals surface area (Å²) in [5.74, 6) is -3.55. The summed E-state index contributed by atoms with van der Waals surface area (Å²) in [6.07, 6.45) is 8.57. The van der Waals surface area contributed by atoms with Crippen molar-refractivity contribution < 1.29 is 33.7 Å². The quantitative estimate of drug-likeness (QED) is 0.501. The van der Waals surface area contributed by atoms with Gasteiger partial charge in [-0.2, -0.15) is 0 Å². The molecule has 30 heavy (non-hydrogen) atoms. The van der Waals surface area contributed by atoms with Gasteiger partial charge in [0.2, 0.25) is 11.6 Å². The van der Waals surface area contributed by atoms with Gasteiger partial charge in [-0.25, -0.2) is 4.79 Å². The second-order valence-electron chi connectivity index (χ2n) is 9.08. The van der Waals surface area contributed by atoms with Crippen LogP contribution in [0.3, 0.4) is 0 Å². The van der Waals surface area contributed by atoms with Crippen LogP contribution in [0.2, 0.25) is 0 Å². The molecule has 0 aromatic rings. The van der Waals surface area contributed by atoms with Crippen LogP contribution in [0, 0.1) is 11.8 Å². The molecule has 7 heteroatoms. The molecule has 0 aromatic heterocycles. The Bertz CT molecular complexity index is 812. The van der Waals surface area contributed by atoms with E-state index in [2.05, 4.69) is 6.92 Å². The molecule has 5 atom stereocenters.